The smallest absolute Gasteiger partial charge is 0.190 e. The summed E-state index contributed by atoms with van der Waals surface area (Å²) in [7, 11) is 0. The van der Waals surface area contributed by atoms with Crippen LogP contribution in [0.1, 0.15) is 27.7 Å². The first-order chi connectivity index (χ1) is 11.3. The van der Waals surface area contributed by atoms with Crippen molar-refractivity contribution in [2.45, 2.75) is 33.8 Å². The Morgan fingerprint density at radius 2 is 1.83 bits per heavy atom. The number of carbonyl (C=O) groups is 1. The number of carbonyl (C=O) groups excluding carboxylic acids is 1. The van der Waals surface area contributed by atoms with Gasteiger partial charge in [-0.25, -0.2) is 0 Å². The second kappa shape index (κ2) is 9.99. The van der Waals surface area contributed by atoms with Gasteiger partial charge in [-0.3, -0.25) is 0 Å². The highest BCUT2D eigenvalue weighted by atomic mass is 32.5. The molecule has 8 heteroatoms. The van der Waals surface area contributed by atoms with Crippen LogP contribution in [0.15, 0.2) is 24.3 Å². The fourth-order valence-electron chi connectivity index (χ4n) is 2.13. The van der Waals surface area contributed by atoms with Gasteiger partial charge in [-0.05, 0) is 51.6 Å². The van der Waals surface area contributed by atoms with Gasteiger partial charge >= 0.3 is 0 Å². The summed E-state index contributed by atoms with van der Waals surface area (Å²) in [5.74, 6) is 0.484. The standard InChI is InChI=1S/C16H26NO5PS/c1-5-20-23(24,21-6-2)12-11-17(16(18)19)14-9-7-8-10-15(14)22-13(3)4/h7-10,13H,5-6,11-12H2,1-4H3,(H,18,19)/p-1. The zero-order chi connectivity index (χ0) is 18.2. The zero-order valence-electron chi connectivity index (χ0n) is 14.6. The van der Waals surface area contributed by atoms with E-state index >= 15 is 0 Å². The molecule has 0 heterocycles. The summed E-state index contributed by atoms with van der Waals surface area (Å²) in [6, 6.07) is 6.95. The number of hydrogen-bond donors (Lipinski definition) is 0. The Bertz CT molecular complexity index is 571. The van der Waals surface area contributed by atoms with Crippen LogP contribution < -0.4 is 14.7 Å². The summed E-state index contributed by atoms with van der Waals surface area (Å²) in [6.07, 6.45) is -1.09. The fraction of sp³-hybridized carbons (Fsp3) is 0.562. The van der Waals surface area contributed by atoms with Gasteiger partial charge in [0.15, 0.2) is 6.49 Å². The SMILES string of the molecule is CCOP(=S)(CCN(C(=O)[O-])c1ccccc1OC(C)C)OCC. The van der Waals surface area contributed by atoms with Gasteiger partial charge in [0, 0.05) is 12.7 Å². The van der Waals surface area contributed by atoms with Gasteiger partial charge in [0.25, 0.3) is 0 Å². The van der Waals surface area contributed by atoms with Crippen LogP contribution in [0.25, 0.3) is 0 Å². The first kappa shape index (κ1) is 20.9. The van der Waals surface area contributed by atoms with Gasteiger partial charge < -0.3 is 28.6 Å². The minimum absolute atomic E-state index is 0.0767. The molecule has 0 saturated carbocycles. The van der Waals surface area contributed by atoms with Crippen LogP contribution in [0, 0.1) is 0 Å². The van der Waals surface area contributed by atoms with Crippen LogP contribution in [-0.4, -0.2) is 38.1 Å². The predicted octanol–water partition coefficient (Wildman–Crippen LogP) is 3.01. The average Bonchev–Trinajstić information content (AvgIpc) is 2.48. The molecule has 1 amide bonds. The molecule has 0 atom stereocenters. The molecule has 136 valence electrons. The molecule has 0 N–H and O–H groups in total. The third kappa shape index (κ3) is 6.40. The van der Waals surface area contributed by atoms with Crippen molar-refractivity contribution in [3.63, 3.8) is 0 Å². The quantitative estimate of drug-likeness (QED) is 0.587. The molecular weight excluding hydrogens is 349 g/mol. The van der Waals surface area contributed by atoms with Crippen molar-refractivity contribution < 1.29 is 23.7 Å². The number of para-hydroxylation sites is 2. The van der Waals surface area contributed by atoms with Crippen LogP contribution in [0.4, 0.5) is 10.5 Å². The topological polar surface area (TPSA) is 71.1 Å². The Morgan fingerprint density at radius 1 is 1.25 bits per heavy atom. The summed E-state index contributed by atoms with van der Waals surface area (Å²) < 4.78 is 16.8. The van der Waals surface area contributed by atoms with E-state index in [2.05, 4.69) is 0 Å². The molecule has 0 aliphatic rings. The summed E-state index contributed by atoms with van der Waals surface area (Å²) in [5.41, 5.74) is 0.431. The minimum atomic E-state index is -2.52. The molecule has 1 aromatic carbocycles. The molecule has 0 spiro atoms. The molecule has 0 aliphatic carbocycles. The maximum Gasteiger partial charge on any atom is 0.190 e. The van der Waals surface area contributed by atoms with Gasteiger partial charge in [0.2, 0.25) is 0 Å². The summed E-state index contributed by atoms with van der Waals surface area (Å²) in [5, 5.41) is 11.6. The van der Waals surface area contributed by atoms with Crippen molar-refractivity contribution in [3.8, 4) is 5.75 Å². The van der Waals surface area contributed by atoms with Crippen LogP contribution in [-0.2, 0) is 20.9 Å². The Balaban J connectivity index is 3.00. The first-order valence-corrected chi connectivity index (χ1v) is 10.8. The highest BCUT2D eigenvalue weighted by molar-refractivity contribution is 8.09. The largest absolute Gasteiger partial charge is 0.530 e. The van der Waals surface area contributed by atoms with Crippen molar-refractivity contribution in [3.05, 3.63) is 24.3 Å². The lowest BCUT2D eigenvalue weighted by molar-refractivity contribution is -0.246. The molecule has 0 radical (unpaired) electrons. The third-order valence-corrected chi connectivity index (χ3v) is 6.22. The maximum absolute atomic E-state index is 11.6. The lowest BCUT2D eigenvalue weighted by atomic mass is 10.2. The molecule has 1 rings (SSSR count). The molecule has 24 heavy (non-hydrogen) atoms. The second-order valence-electron chi connectivity index (χ2n) is 5.22. The summed E-state index contributed by atoms with van der Waals surface area (Å²) in [4.78, 5) is 12.7. The number of benzene rings is 1. The van der Waals surface area contributed by atoms with Gasteiger partial charge in [0.05, 0.1) is 25.0 Å². The second-order valence-corrected chi connectivity index (χ2v) is 9.08. The molecular formula is C16H25NO5PS-. The van der Waals surface area contributed by atoms with E-state index in [1.807, 2.05) is 27.7 Å². The van der Waals surface area contributed by atoms with E-state index in [9.17, 15) is 9.90 Å². The maximum atomic E-state index is 11.6. The highest BCUT2D eigenvalue weighted by Gasteiger charge is 2.22. The molecule has 0 bridgehead atoms. The van der Waals surface area contributed by atoms with Crippen LogP contribution in [0.2, 0.25) is 0 Å². The molecule has 0 aromatic heterocycles. The van der Waals surface area contributed by atoms with Gasteiger partial charge in [0.1, 0.15) is 11.8 Å². The van der Waals surface area contributed by atoms with Gasteiger partial charge in [-0.2, -0.15) is 0 Å². The summed E-state index contributed by atoms with van der Waals surface area (Å²) >= 11 is 5.45. The van der Waals surface area contributed by atoms with Crippen molar-refractivity contribution in [2.75, 3.05) is 30.8 Å². The molecule has 0 unspecified atom stereocenters. The molecule has 0 saturated heterocycles. The van der Waals surface area contributed by atoms with E-state index in [-0.39, 0.29) is 12.6 Å². The normalized spacial score (nSPS) is 11.5. The van der Waals surface area contributed by atoms with Crippen LogP contribution in [0.5, 0.6) is 5.75 Å². The van der Waals surface area contributed by atoms with Gasteiger partial charge in [-0.1, -0.05) is 12.1 Å². The number of nitrogens with zero attached hydrogens (tertiary/aromatic N) is 1. The predicted molar refractivity (Wildman–Crippen MR) is 97.4 cm³/mol. The zero-order valence-corrected chi connectivity index (χ0v) is 16.3. The molecule has 6 nitrogen and oxygen atoms in total. The number of carboxylic acid groups (broad SMARTS) is 1. The van der Waals surface area contributed by atoms with Crippen LogP contribution in [0.3, 0.4) is 0 Å². The van der Waals surface area contributed by atoms with Crippen molar-refractivity contribution in [1.82, 2.24) is 0 Å². The van der Waals surface area contributed by atoms with Crippen molar-refractivity contribution >= 4 is 30.1 Å². The lowest BCUT2D eigenvalue weighted by Crippen LogP contribution is -2.43. The van der Waals surface area contributed by atoms with Crippen molar-refractivity contribution in [2.24, 2.45) is 0 Å². The van der Waals surface area contributed by atoms with Gasteiger partial charge in [-0.15, -0.1) is 0 Å². The number of hydrogen-bond acceptors (Lipinski definition) is 6. The Hall–Kier alpha value is -1.14. The fourth-order valence-corrected chi connectivity index (χ4v) is 4.57. The van der Waals surface area contributed by atoms with E-state index in [4.69, 9.17) is 25.6 Å². The van der Waals surface area contributed by atoms with Crippen LogP contribution >= 0.6 is 6.49 Å². The number of amides is 1. The Morgan fingerprint density at radius 3 is 2.33 bits per heavy atom. The number of ether oxygens (including phenoxy) is 1. The molecule has 0 aliphatic heterocycles. The molecule has 0 fully saturated rings. The van der Waals surface area contributed by atoms with Crippen molar-refractivity contribution in [1.29, 1.82) is 0 Å². The minimum Gasteiger partial charge on any atom is -0.530 e. The van der Waals surface area contributed by atoms with E-state index in [1.54, 1.807) is 24.3 Å². The highest BCUT2D eigenvalue weighted by Crippen LogP contribution is 2.48. The van der Waals surface area contributed by atoms with E-state index in [0.717, 1.165) is 4.90 Å². The number of rotatable bonds is 10. The van der Waals surface area contributed by atoms with E-state index < -0.39 is 12.6 Å². The summed E-state index contributed by atoms with van der Waals surface area (Å²) in [6.45, 7) is 5.89. The molecule has 1 aromatic rings. The monoisotopic (exact) mass is 374 g/mol. The van der Waals surface area contributed by atoms with E-state index in [0.29, 0.717) is 30.8 Å². The average molecular weight is 374 g/mol. The van der Waals surface area contributed by atoms with E-state index in [1.165, 1.54) is 0 Å². The lowest BCUT2D eigenvalue weighted by Gasteiger charge is -2.30. The third-order valence-electron chi connectivity index (χ3n) is 2.99. The Kier molecular flexibility index (Phi) is 8.70. The Labute approximate surface area is 148 Å². The first-order valence-electron chi connectivity index (χ1n) is 7.95. The number of anilines is 1.